The van der Waals surface area contributed by atoms with Crippen LogP contribution in [0, 0.1) is 0 Å². The van der Waals surface area contributed by atoms with Crippen molar-refractivity contribution >= 4 is 17.6 Å². The topological polar surface area (TPSA) is 70.0 Å². The fraction of sp³-hybridized carbons (Fsp3) is 0.235. The molecule has 1 aliphatic rings. The lowest BCUT2D eigenvalue weighted by Crippen LogP contribution is -2.31. The van der Waals surface area contributed by atoms with Crippen molar-refractivity contribution in [2.24, 2.45) is 0 Å². The van der Waals surface area contributed by atoms with E-state index in [0.717, 1.165) is 16.7 Å². The van der Waals surface area contributed by atoms with E-state index in [9.17, 15) is 9.90 Å². The molecular weight excluding hydrogens is 318 g/mol. The molecule has 1 heterocycles. The highest BCUT2D eigenvalue weighted by Gasteiger charge is 2.21. The van der Waals surface area contributed by atoms with Crippen molar-refractivity contribution in [1.82, 2.24) is 4.90 Å². The van der Waals surface area contributed by atoms with Crippen molar-refractivity contribution in [2.45, 2.75) is 6.54 Å². The van der Waals surface area contributed by atoms with E-state index in [4.69, 9.17) is 21.4 Å². The van der Waals surface area contributed by atoms with E-state index in [1.54, 1.807) is 17.0 Å². The van der Waals surface area contributed by atoms with Crippen molar-refractivity contribution in [3.05, 3.63) is 47.0 Å². The first-order chi connectivity index (χ1) is 11.0. The van der Waals surface area contributed by atoms with Crippen LogP contribution in [0.25, 0.3) is 11.1 Å². The monoisotopic (exact) mass is 333 g/mol. The Morgan fingerprint density at radius 3 is 2.83 bits per heavy atom. The molecule has 2 aromatic carbocycles. The molecule has 0 saturated heterocycles. The standard InChI is InChI=1S/C17H16ClNO4/c18-14-3-1-2-11(7-14)12-6-13-9-19(10-16(21)22)4-5-23-17(13)15(20)8-12/h1-3,6-8,20H,4-5,9-10H2,(H,21,22). The number of carboxylic acid groups (broad SMARTS) is 1. The minimum absolute atomic E-state index is 0.0506. The van der Waals surface area contributed by atoms with Gasteiger partial charge in [-0.25, -0.2) is 0 Å². The van der Waals surface area contributed by atoms with Crippen molar-refractivity contribution in [3.63, 3.8) is 0 Å². The van der Waals surface area contributed by atoms with Crippen LogP contribution in [0.1, 0.15) is 5.56 Å². The zero-order valence-corrected chi connectivity index (χ0v) is 13.1. The van der Waals surface area contributed by atoms with Gasteiger partial charge in [0, 0.05) is 23.7 Å². The summed E-state index contributed by atoms with van der Waals surface area (Å²) >= 11 is 6.02. The minimum atomic E-state index is -0.885. The zero-order chi connectivity index (χ0) is 16.4. The van der Waals surface area contributed by atoms with E-state index >= 15 is 0 Å². The first-order valence-corrected chi connectivity index (χ1v) is 7.59. The molecule has 120 valence electrons. The van der Waals surface area contributed by atoms with Crippen LogP contribution in [0.4, 0.5) is 0 Å². The molecule has 0 bridgehead atoms. The summed E-state index contributed by atoms with van der Waals surface area (Å²) in [7, 11) is 0. The van der Waals surface area contributed by atoms with Gasteiger partial charge in [-0.1, -0.05) is 23.7 Å². The lowest BCUT2D eigenvalue weighted by molar-refractivity contribution is -0.138. The SMILES string of the molecule is O=C(O)CN1CCOc2c(O)cc(-c3cccc(Cl)c3)cc2C1. The highest BCUT2D eigenvalue weighted by molar-refractivity contribution is 6.30. The number of halogens is 1. The van der Waals surface area contributed by atoms with Crippen molar-refractivity contribution in [3.8, 4) is 22.6 Å². The number of fused-ring (bicyclic) bond motifs is 1. The summed E-state index contributed by atoms with van der Waals surface area (Å²) < 4.78 is 5.59. The molecule has 0 amide bonds. The highest BCUT2D eigenvalue weighted by atomic mass is 35.5. The van der Waals surface area contributed by atoms with E-state index in [-0.39, 0.29) is 12.3 Å². The van der Waals surface area contributed by atoms with Gasteiger partial charge in [0.2, 0.25) is 0 Å². The number of aromatic hydroxyl groups is 1. The van der Waals surface area contributed by atoms with Crippen molar-refractivity contribution in [1.29, 1.82) is 0 Å². The Kier molecular flexibility index (Phi) is 4.41. The van der Waals surface area contributed by atoms with Gasteiger partial charge in [0.25, 0.3) is 0 Å². The van der Waals surface area contributed by atoms with Gasteiger partial charge >= 0.3 is 5.97 Å². The number of phenolic OH excluding ortho intramolecular Hbond substituents is 1. The van der Waals surface area contributed by atoms with Crippen LogP contribution in [0.3, 0.4) is 0 Å². The lowest BCUT2D eigenvalue weighted by Gasteiger charge is -2.17. The van der Waals surface area contributed by atoms with Gasteiger partial charge in [-0.3, -0.25) is 9.69 Å². The van der Waals surface area contributed by atoms with E-state index in [0.29, 0.717) is 30.5 Å². The molecule has 0 saturated carbocycles. The van der Waals surface area contributed by atoms with Gasteiger partial charge in [0.1, 0.15) is 6.61 Å². The molecule has 5 nitrogen and oxygen atoms in total. The third-order valence-corrected chi connectivity index (χ3v) is 3.95. The number of nitrogens with zero attached hydrogens (tertiary/aromatic N) is 1. The largest absolute Gasteiger partial charge is 0.504 e. The maximum atomic E-state index is 10.9. The van der Waals surface area contributed by atoms with E-state index in [1.807, 2.05) is 24.3 Å². The van der Waals surface area contributed by atoms with E-state index in [1.165, 1.54) is 0 Å². The van der Waals surface area contributed by atoms with Crippen molar-refractivity contribution in [2.75, 3.05) is 19.7 Å². The van der Waals surface area contributed by atoms with Gasteiger partial charge in [0.15, 0.2) is 11.5 Å². The van der Waals surface area contributed by atoms with Crippen LogP contribution in [0.2, 0.25) is 5.02 Å². The molecule has 3 rings (SSSR count). The summed E-state index contributed by atoms with van der Waals surface area (Å²) in [4.78, 5) is 12.7. The fourth-order valence-electron chi connectivity index (χ4n) is 2.71. The second-order valence-corrected chi connectivity index (χ2v) is 5.88. The number of rotatable bonds is 3. The summed E-state index contributed by atoms with van der Waals surface area (Å²) in [6.45, 7) is 1.17. The van der Waals surface area contributed by atoms with Gasteiger partial charge < -0.3 is 14.9 Å². The Balaban J connectivity index is 1.99. The molecule has 0 fully saturated rings. The van der Waals surface area contributed by atoms with Gasteiger partial charge in [-0.2, -0.15) is 0 Å². The third kappa shape index (κ3) is 3.57. The molecule has 0 aromatic heterocycles. The molecule has 0 aliphatic carbocycles. The van der Waals surface area contributed by atoms with E-state index in [2.05, 4.69) is 0 Å². The Morgan fingerprint density at radius 2 is 2.09 bits per heavy atom. The average Bonchev–Trinajstić information content (AvgIpc) is 2.68. The Morgan fingerprint density at radius 1 is 1.26 bits per heavy atom. The number of hydrogen-bond acceptors (Lipinski definition) is 4. The first-order valence-electron chi connectivity index (χ1n) is 7.21. The normalized spacial score (nSPS) is 14.7. The summed E-state index contributed by atoms with van der Waals surface area (Å²) in [5, 5.41) is 19.9. The van der Waals surface area contributed by atoms with Gasteiger partial charge in [0.05, 0.1) is 6.54 Å². The summed E-state index contributed by atoms with van der Waals surface area (Å²) in [5.41, 5.74) is 2.45. The second-order valence-electron chi connectivity index (χ2n) is 5.45. The summed E-state index contributed by atoms with van der Waals surface area (Å²) in [6.07, 6.45) is 0. The Hall–Kier alpha value is -2.24. The molecule has 1 aliphatic heterocycles. The number of ether oxygens (including phenoxy) is 1. The first kappa shape index (κ1) is 15.6. The van der Waals surface area contributed by atoms with Crippen LogP contribution < -0.4 is 4.74 Å². The number of phenols is 1. The smallest absolute Gasteiger partial charge is 0.317 e. The van der Waals surface area contributed by atoms with Gasteiger partial charge in [-0.05, 0) is 35.4 Å². The van der Waals surface area contributed by atoms with Crippen LogP contribution in [-0.2, 0) is 11.3 Å². The van der Waals surface area contributed by atoms with Crippen LogP contribution >= 0.6 is 11.6 Å². The molecule has 6 heteroatoms. The lowest BCUT2D eigenvalue weighted by atomic mass is 10.0. The predicted octanol–water partition coefficient (Wildman–Crippen LogP) is 2.99. The molecule has 2 aromatic rings. The molecular formula is C17H16ClNO4. The fourth-order valence-corrected chi connectivity index (χ4v) is 2.90. The molecule has 0 spiro atoms. The van der Waals surface area contributed by atoms with Crippen LogP contribution in [0.5, 0.6) is 11.5 Å². The van der Waals surface area contributed by atoms with Gasteiger partial charge in [-0.15, -0.1) is 0 Å². The quantitative estimate of drug-likeness (QED) is 0.903. The minimum Gasteiger partial charge on any atom is -0.504 e. The Bertz CT molecular complexity index is 747. The zero-order valence-electron chi connectivity index (χ0n) is 12.3. The maximum Gasteiger partial charge on any atom is 0.317 e. The van der Waals surface area contributed by atoms with Crippen LogP contribution in [0.15, 0.2) is 36.4 Å². The molecule has 0 unspecified atom stereocenters. The number of benzene rings is 2. The number of carboxylic acids is 1. The predicted molar refractivity (Wildman–Crippen MR) is 87.0 cm³/mol. The average molecular weight is 334 g/mol. The second kappa shape index (κ2) is 6.48. The molecule has 2 N–H and O–H groups in total. The number of hydrogen-bond donors (Lipinski definition) is 2. The highest BCUT2D eigenvalue weighted by Crippen LogP contribution is 2.37. The summed E-state index contributed by atoms with van der Waals surface area (Å²) in [6, 6.07) is 10.9. The number of aliphatic carboxylic acids is 1. The van der Waals surface area contributed by atoms with Crippen molar-refractivity contribution < 1.29 is 19.7 Å². The van der Waals surface area contributed by atoms with E-state index < -0.39 is 5.97 Å². The third-order valence-electron chi connectivity index (χ3n) is 3.71. The maximum absolute atomic E-state index is 10.9. The molecule has 0 atom stereocenters. The summed E-state index contributed by atoms with van der Waals surface area (Å²) in [5.74, 6) is -0.415. The number of carbonyl (C=O) groups is 1. The Labute approximate surface area is 138 Å². The van der Waals surface area contributed by atoms with Crippen LogP contribution in [-0.4, -0.2) is 40.8 Å². The molecule has 23 heavy (non-hydrogen) atoms. The molecule has 0 radical (unpaired) electrons.